The molecule has 4 rings (SSSR count). The Labute approximate surface area is 145 Å². The number of rotatable bonds is 1. The second kappa shape index (κ2) is 5.30. The number of nitrogens with zero attached hydrogens (tertiary/aromatic N) is 2. The number of benzene rings is 2. The predicted octanol–water partition coefficient (Wildman–Crippen LogP) is 4.68. The number of aryl methyl sites for hydroxylation is 3. The number of halogens is 1. The van der Waals surface area contributed by atoms with Crippen LogP contribution in [-0.2, 0) is 4.57 Å². The minimum atomic E-state index is -3.51. The molecule has 4 nitrogen and oxygen atoms in total. The van der Waals surface area contributed by atoms with Gasteiger partial charge in [-0.05, 0) is 51.0 Å². The third-order valence-corrected chi connectivity index (χ3v) is 7.44. The van der Waals surface area contributed by atoms with Crippen LogP contribution in [0.1, 0.15) is 22.5 Å². The fraction of sp³-hybridized carbons (Fsp3) is 0.211. The Morgan fingerprint density at radius 1 is 1.08 bits per heavy atom. The van der Waals surface area contributed by atoms with Gasteiger partial charge in [0.25, 0.3) is 0 Å². The molecule has 0 saturated carbocycles. The van der Waals surface area contributed by atoms with Gasteiger partial charge in [0, 0.05) is 11.8 Å². The smallest absolute Gasteiger partial charge is 0.380 e. The molecule has 1 aromatic heterocycles. The minimum absolute atomic E-state index is 0.267. The van der Waals surface area contributed by atoms with Crippen LogP contribution in [0.4, 0.5) is 4.39 Å². The van der Waals surface area contributed by atoms with Crippen LogP contribution in [0, 0.1) is 33.5 Å². The van der Waals surface area contributed by atoms with Crippen molar-refractivity contribution in [2.24, 2.45) is 0 Å². The topological polar surface area (TPSA) is 44.1 Å². The molecular formula is C19H18FN2O2P. The number of aromatic nitrogens is 2. The molecule has 0 bridgehead atoms. The van der Waals surface area contributed by atoms with Crippen molar-refractivity contribution in [1.82, 2.24) is 9.32 Å². The van der Waals surface area contributed by atoms with Crippen LogP contribution >= 0.6 is 7.52 Å². The van der Waals surface area contributed by atoms with Gasteiger partial charge in [0.15, 0.2) is 5.82 Å². The van der Waals surface area contributed by atoms with Gasteiger partial charge in [-0.25, -0.2) is 18.3 Å². The Hall–Kier alpha value is -2.39. The van der Waals surface area contributed by atoms with Crippen LogP contribution in [-0.4, -0.2) is 9.32 Å². The summed E-state index contributed by atoms with van der Waals surface area (Å²) >= 11 is 0. The second-order valence-electron chi connectivity index (χ2n) is 6.41. The van der Waals surface area contributed by atoms with E-state index in [1.165, 1.54) is 12.1 Å². The molecule has 1 aliphatic rings. The molecule has 128 valence electrons. The lowest BCUT2D eigenvalue weighted by atomic mass is 10.2. The first kappa shape index (κ1) is 16.1. The van der Waals surface area contributed by atoms with Gasteiger partial charge in [-0.3, -0.25) is 0 Å². The molecule has 6 heteroatoms. The Morgan fingerprint density at radius 2 is 1.76 bits per heavy atom. The number of fused-ring (bicyclic) bond motifs is 3. The summed E-state index contributed by atoms with van der Waals surface area (Å²) in [6.45, 7) is 7.57. The minimum Gasteiger partial charge on any atom is -0.425 e. The molecule has 0 fully saturated rings. The van der Waals surface area contributed by atoms with Gasteiger partial charge in [-0.2, -0.15) is 0 Å². The SMILES string of the molecule is Cc1cccc(C)c1P1(=O)Oc2cc(F)ccc2-c2nc(C)c(C)n21. The molecule has 0 aliphatic carbocycles. The fourth-order valence-electron chi connectivity index (χ4n) is 3.42. The Balaban J connectivity index is 2.11. The van der Waals surface area contributed by atoms with Crippen molar-refractivity contribution in [1.29, 1.82) is 0 Å². The largest absolute Gasteiger partial charge is 0.425 e. The van der Waals surface area contributed by atoms with E-state index in [0.717, 1.165) is 22.5 Å². The summed E-state index contributed by atoms with van der Waals surface area (Å²) in [5.74, 6) is 0.394. The molecule has 25 heavy (non-hydrogen) atoms. The monoisotopic (exact) mass is 356 g/mol. The summed E-state index contributed by atoms with van der Waals surface area (Å²) < 4.78 is 35.7. The van der Waals surface area contributed by atoms with Crippen LogP contribution in [0.5, 0.6) is 5.75 Å². The second-order valence-corrected chi connectivity index (χ2v) is 8.48. The van der Waals surface area contributed by atoms with Gasteiger partial charge in [-0.15, -0.1) is 0 Å². The maximum absolute atomic E-state index is 14.2. The van der Waals surface area contributed by atoms with Crippen LogP contribution in [0.25, 0.3) is 11.4 Å². The van der Waals surface area contributed by atoms with Crippen molar-refractivity contribution >= 4 is 12.8 Å². The van der Waals surface area contributed by atoms with E-state index >= 15 is 0 Å². The molecule has 1 unspecified atom stereocenters. The van der Waals surface area contributed by atoms with Gasteiger partial charge in [0.2, 0.25) is 0 Å². The van der Waals surface area contributed by atoms with E-state index in [4.69, 9.17) is 4.52 Å². The lowest BCUT2D eigenvalue weighted by Crippen LogP contribution is -2.25. The normalized spacial score (nSPS) is 18.4. The Kier molecular flexibility index (Phi) is 3.41. The summed E-state index contributed by atoms with van der Waals surface area (Å²) in [5.41, 5.74) is 3.97. The van der Waals surface area contributed by atoms with Crippen molar-refractivity contribution in [3.05, 3.63) is 64.7 Å². The van der Waals surface area contributed by atoms with E-state index in [1.807, 2.05) is 45.9 Å². The molecule has 1 aliphatic heterocycles. The summed E-state index contributed by atoms with van der Waals surface area (Å²) in [4.78, 5) is 4.59. The highest BCUT2D eigenvalue weighted by atomic mass is 31.2. The lowest BCUT2D eigenvalue weighted by Gasteiger charge is -2.30. The molecule has 0 radical (unpaired) electrons. The van der Waals surface area contributed by atoms with Crippen LogP contribution < -0.4 is 9.83 Å². The maximum atomic E-state index is 14.2. The first-order valence-electron chi connectivity index (χ1n) is 8.06. The highest BCUT2D eigenvalue weighted by molar-refractivity contribution is 7.66. The zero-order chi connectivity index (χ0) is 17.9. The molecule has 2 heterocycles. The summed E-state index contributed by atoms with van der Waals surface area (Å²) in [7, 11) is -3.51. The van der Waals surface area contributed by atoms with Crippen molar-refractivity contribution in [2.45, 2.75) is 27.7 Å². The van der Waals surface area contributed by atoms with E-state index in [-0.39, 0.29) is 5.75 Å². The van der Waals surface area contributed by atoms with E-state index in [9.17, 15) is 8.96 Å². The number of hydrogen-bond donors (Lipinski definition) is 0. The molecule has 0 amide bonds. The molecule has 0 N–H and O–H groups in total. The third-order valence-electron chi connectivity index (χ3n) is 4.71. The van der Waals surface area contributed by atoms with Gasteiger partial charge < -0.3 is 4.52 Å². The van der Waals surface area contributed by atoms with E-state index < -0.39 is 13.3 Å². The summed E-state index contributed by atoms with van der Waals surface area (Å²) in [6.07, 6.45) is 0. The Bertz CT molecular complexity index is 1050. The molecule has 0 saturated heterocycles. The first-order valence-corrected chi connectivity index (χ1v) is 9.64. The van der Waals surface area contributed by atoms with Crippen LogP contribution in [0.15, 0.2) is 36.4 Å². The number of hydrogen-bond acceptors (Lipinski definition) is 3. The average molecular weight is 356 g/mol. The number of imidazole rings is 1. The molecule has 0 spiro atoms. The van der Waals surface area contributed by atoms with Crippen molar-refractivity contribution < 1.29 is 13.5 Å². The average Bonchev–Trinajstić information content (AvgIpc) is 2.83. The quantitative estimate of drug-likeness (QED) is 0.595. The van der Waals surface area contributed by atoms with E-state index in [1.54, 1.807) is 10.4 Å². The van der Waals surface area contributed by atoms with Crippen molar-refractivity contribution in [3.63, 3.8) is 0 Å². The molecule has 3 aromatic rings. The first-order chi connectivity index (χ1) is 11.8. The third kappa shape index (κ3) is 2.19. The lowest BCUT2D eigenvalue weighted by molar-refractivity contribution is 0.474. The van der Waals surface area contributed by atoms with Gasteiger partial charge in [0.1, 0.15) is 11.6 Å². The molecule has 2 aromatic carbocycles. The van der Waals surface area contributed by atoms with Crippen molar-refractivity contribution in [2.75, 3.05) is 0 Å². The maximum Gasteiger partial charge on any atom is 0.380 e. The Morgan fingerprint density at radius 3 is 2.44 bits per heavy atom. The fourth-order valence-corrected chi connectivity index (χ4v) is 6.20. The van der Waals surface area contributed by atoms with E-state index in [2.05, 4.69) is 4.98 Å². The predicted molar refractivity (Wildman–Crippen MR) is 96.3 cm³/mol. The zero-order valence-corrected chi connectivity index (χ0v) is 15.4. The van der Waals surface area contributed by atoms with Crippen LogP contribution in [0.2, 0.25) is 0 Å². The summed E-state index contributed by atoms with van der Waals surface area (Å²) in [5, 5.41) is 0.645. The molecular weight excluding hydrogens is 338 g/mol. The van der Waals surface area contributed by atoms with Crippen LogP contribution in [0.3, 0.4) is 0 Å². The van der Waals surface area contributed by atoms with Gasteiger partial charge >= 0.3 is 7.52 Å². The highest BCUT2D eigenvalue weighted by Gasteiger charge is 2.42. The molecule has 1 atom stereocenters. The standard InChI is InChI=1S/C19H18FN2O2P/c1-11-6-5-7-12(2)18(11)25(23)22-14(4)13(3)21-19(22)16-9-8-15(20)10-17(16)24-25/h5-10H,1-4H3. The highest BCUT2D eigenvalue weighted by Crippen LogP contribution is 2.58. The van der Waals surface area contributed by atoms with Gasteiger partial charge in [-0.1, -0.05) is 18.2 Å². The van der Waals surface area contributed by atoms with Gasteiger partial charge in [0.05, 0.1) is 16.6 Å². The summed E-state index contributed by atoms with van der Waals surface area (Å²) in [6, 6.07) is 10.00. The van der Waals surface area contributed by atoms with Crippen molar-refractivity contribution in [3.8, 4) is 17.1 Å². The zero-order valence-electron chi connectivity index (χ0n) is 14.5. The van der Waals surface area contributed by atoms with E-state index in [0.29, 0.717) is 16.7 Å².